The standard InChI is InChI=1S/C24H25N3O/c1-17(28)26-11-8-18(9-12-26)16-27-13-10-25-24(27)20-6-7-23-21(15-20)14-19-4-2-3-5-22(19)23/h2-7,10,13,15,18H,8-9,11-12,14,16H2,1H3. The smallest absolute Gasteiger partial charge is 0.219 e. The molecule has 0 N–H and O–H groups in total. The number of rotatable bonds is 3. The summed E-state index contributed by atoms with van der Waals surface area (Å²) in [7, 11) is 0. The molecule has 0 saturated carbocycles. The number of likely N-dealkylation sites (tertiary alicyclic amines) is 1. The maximum atomic E-state index is 11.5. The van der Waals surface area contributed by atoms with Gasteiger partial charge in [-0.15, -0.1) is 0 Å². The van der Waals surface area contributed by atoms with Gasteiger partial charge < -0.3 is 9.47 Å². The number of fused-ring (bicyclic) bond motifs is 3. The van der Waals surface area contributed by atoms with Crippen molar-refractivity contribution >= 4 is 5.91 Å². The highest BCUT2D eigenvalue weighted by Crippen LogP contribution is 2.38. The van der Waals surface area contributed by atoms with Gasteiger partial charge >= 0.3 is 0 Å². The van der Waals surface area contributed by atoms with Gasteiger partial charge in [0.1, 0.15) is 5.82 Å². The Morgan fingerprint density at radius 3 is 2.68 bits per heavy atom. The van der Waals surface area contributed by atoms with Crippen LogP contribution in [0.1, 0.15) is 30.9 Å². The summed E-state index contributed by atoms with van der Waals surface area (Å²) < 4.78 is 2.29. The molecule has 28 heavy (non-hydrogen) atoms. The fourth-order valence-corrected chi connectivity index (χ4v) is 4.71. The zero-order valence-electron chi connectivity index (χ0n) is 16.3. The summed E-state index contributed by atoms with van der Waals surface area (Å²) in [5.41, 5.74) is 6.72. The van der Waals surface area contributed by atoms with Crippen LogP contribution in [0.2, 0.25) is 0 Å². The lowest BCUT2D eigenvalue weighted by atomic mass is 9.96. The third-order valence-corrected chi connectivity index (χ3v) is 6.28. The SMILES string of the molecule is CC(=O)N1CCC(Cn2ccnc2-c2ccc3c(c2)Cc2ccccc2-3)CC1. The molecule has 1 amide bonds. The van der Waals surface area contributed by atoms with E-state index in [4.69, 9.17) is 0 Å². The lowest BCUT2D eigenvalue weighted by Gasteiger charge is -2.31. The highest BCUT2D eigenvalue weighted by molar-refractivity contribution is 5.79. The average molecular weight is 371 g/mol. The molecule has 0 unspecified atom stereocenters. The minimum absolute atomic E-state index is 0.195. The fourth-order valence-electron chi connectivity index (χ4n) is 4.71. The Hall–Kier alpha value is -2.88. The van der Waals surface area contributed by atoms with E-state index >= 15 is 0 Å². The number of imidazole rings is 1. The second-order valence-corrected chi connectivity index (χ2v) is 8.06. The predicted molar refractivity (Wildman–Crippen MR) is 111 cm³/mol. The van der Waals surface area contributed by atoms with Crippen LogP contribution in [0, 0.1) is 5.92 Å². The topological polar surface area (TPSA) is 38.1 Å². The molecular formula is C24H25N3O. The molecule has 1 saturated heterocycles. The van der Waals surface area contributed by atoms with Crippen molar-refractivity contribution in [2.45, 2.75) is 32.7 Å². The van der Waals surface area contributed by atoms with E-state index in [1.165, 1.54) is 27.8 Å². The number of hydrogen-bond acceptors (Lipinski definition) is 2. The molecule has 142 valence electrons. The maximum Gasteiger partial charge on any atom is 0.219 e. The Bertz CT molecular complexity index is 1030. The highest BCUT2D eigenvalue weighted by atomic mass is 16.2. The normalized spacial score (nSPS) is 16.1. The molecule has 4 nitrogen and oxygen atoms in total. The van der Waals surface area contributed by atoms with Gasteiger partial charge in [-0.2, -0.15) is 0 Å². The summed E-state index contributed by atoms with van der Waals surface area (Å²) in [6, 6.07) is 15.5. The second-order valence-electron chi connectivity index (χ2n) is 8.06. The van der Waals surface area contributed by atoms with E-state index in [0.29, 0.717) is 5.92 Å². The number of aromatic nitrogens is 2. The van der Waals surface area contributed by atoms with Crippen molar-refractivity contribution in [1.82, 2.24) is 14.5 Å². The van der Waals surface area contributed by atoms with E-state index in [1.54, 1.807) is 6.92 Å². The van der Waals surface area contributed by atoms with E-state index in [-0.39, 0.29) is 5.91 Å². The number of carbonyl (C=O) groups is 1. The molecule has 5 rings (SSSR count). The van der Waals surface area contributed by atoms with Crippen LogP contribution in [0.4, 0.5) is 0 Å². The van der Waals surface area contributed by atoms with Crippen LogP contribution in [-0.4, -0.2) is 33.4 Å². The Morgan fingerprint density at radius 1 is 1.07 bits per heavy atom. The van der Waals surface area contributed by atoms with Gasteiger partial charge in [-0.05, 0) is 53.5 Å². The van der Waals surface area contributed by atoms with E-state index in [9.17, 15) is 4.79 Å². The first-order chi connectivity index (χ1) is 13.7. The molecule has 1 aliphatic heterocycles. The number of hydrogen-bond donors (Lipinski definition) is 0. The van der Waals surface area contributed by atoms with Crippen LogP contribution in [-0.2, 0) is 17.8 Å². The minimum Gasteiger partial charge on any atom is -0.343 e. The molecule has 2 heterocycles. The summed E-state index contributed by atoms with van der Waals surface area (Å²) >= 11 is 0. The van der Waals surface area contributed by atoms with Crippen molar-refractivity contribution in [3.63, 3.8) is 0 Å². The molecular weight excluding hydrogens is 346 g/mol. The van der Waals surface area contributed by atoms with Crippen molar-refractivity contribution in [3.05, 3.63) is 66.0 Å². The van der Waals surface area contributed by atoms with Crippen molar-refractivity contribution in [2.24, 2.45) is 5.92 Å². The summed E-state index contributed by atoms with van der Waals surface area (Å²) in [5.74, 6) is 1.84. The van der Waals surface area contributed by atoms with E-state index in [1.807, 2.05) is 11.1 Å². The number of benzene rings is 2. The van der Waals surface area contributed by atoms with Gasteiger partial charge in [-0.25, -0.2) is 4.98 Å². The van der Waals surface area contributed by atoms with Gasteiger partial charge in [0, 0.05) is 44.5 Å². The zero-order chi connectivity index (χ0) is 19.1. The van der Waals surface area contributed by atoms with Crippen molar-refractivity contribution in [2.75, 3.05) is 13.1 Å². The Labute approximate surface area is 165 Å². The van der Waals surface area contributed by atoms with Crippen LogP contribution in [0.25, 0.3) is 22.5 Å². The molecule has 0 atom stereocenters. The van der Waals surface area contributed by atoms with Crippen molar-refractivity contribution < 1.29 is 4.79 Å². The lowest BCUT2D eigenvalue weighted by Crippen LogP contribution is -2.37. The fraction of sp³-hybridized carbons (Fsp3) is 0.333. The van der Waals surface area contributed by atoms with Crippen molar-refractivity contribution in [3.8, 4) is 22.5 Å². The van der Waals surface area contributed by atoms with Crippen LogP contribution in [0.15, 0.2) is 54.9 Å². The quantitative estimate of drug-likeness (QED) is 0.536. The Kier molecular flexibility index (Phi) is 4.27. The summed E-state index contributed by atoms with van der Waals surface area (Å²) in [5, 5.41) is 0. The molecule has 2 aliphatic rings. The molecule has 2 aromatic carbocycles. The first-order valence-corrected chi connectivity index (χ1v) is 10.2. The summed E-state index contributed by atoms with van der Waals surface area (Å²) in [6.07, 6.45) is 7.13. The molecule has 4 heteroatoms. The third kappa shape index (κ3) is 3.03. The highest BCUT2D eigenvalue weighted by Gasteiger charge is 2.23. The molecule has 1 aliphatic carbocycles. The molecule has 0 bridgehead atoms. The number of nitrogens with zero attached hydrogens (tertiary/aromatic N) is 3. The molecule has 0 spiro atoms. The average Bonchev–Trinajstić information content (AvgIpc) is 3.32. The largest absolute Gasteiger partial charge is 0.343 e. The van der Waals surface area contributed by atoms with Gasteiger partial charge in [0.15, 0.2) is 0 Å². The van der Waals surface area contributed by atoms with E-state index in [0.717, 1.165) is 44.7 Å². The predicted octanol–water partition coefficient (Wildman–Crippen LogP) is 4.38. The first-order valence-electron chi connectivity index (χ1n) is 10.2. The molecule has 1 aromatic heterocycles. The minimum atomic E-state index is 0.195. The summed E-state index contributed by atoms with van der Waals surface area (Å²) in [4.78, 5) is 18.2. The Morgan fingerprint density at radius 2 is 1.86 bits per heavy atom. The second kappa shape index (κ2) is 6.93. The third-order valence-electron chi connectivity index (χ3n) is 6.28. The lowest BCUT2D eigenvalue weighted by molar-refractivity contribution is -0.130. The van der Waals surface area contributed by atoms with Gasteiger partial charge in [-0.1, -0.05) is 36.4 Å². The van der Waals surface area contributed by atoms with Gasteiger partial charge in [0.2, 0.25) is 5.91 Å². The van der Waals surface area contributed by atoms with Crippen LogP contribution in [0.3, 0.4) is 0 Å². The van der Waals surface area contributed by atoms with Crippen LogP contribution >= 0.6 is 0 Å². The molecule has 1 fully saturated rings. The molecule has 0 radical (unpaired) electrons. The van der Waals surface area contributed by atoms with Gasteiger partial charge in [0.25, 0.3) is 0 Å². The number of carbonyl (C=O) groups excluding carboxylic acids is 1. The maximum absolute atomic E-state index is 11.5. The van der Waals surface area contributed by atoms with Gasteiger partial charge in [0.05, 0.1) is 0 Å². The van der Waals surface area contributed by atoms with E-state index in [2.05, 4.69) is 58.2 Å². The molecule has 3 aromatic rings. The number of piperidine rings is 1. The Balaban J connectivity index is 1.36. The van der Waals surface area contributed by atoms with Crippen LogP contribution < -0.4 is 0 Å². The van der Waals surface area contributed by atoms with E-state index < -0.39 is 0 Å². The van der Waals surface area contributed by atoms with Crippen molar-refractivity contribution in [1.29, 1.82) is 0 Å². The monoisotopic (exact) mass is 371 g/mol. The van der Waals surface area contributed by atoms with Gasteiger partial charge in [-0.3, -0.25) is 4.79 Å². The first kappa shape index (κ1) is 17.2. The van der Waals surface area contributed by atoms with Crippen LogP contribution in [0.5, 0.6) is 0 Å². The zero-order valence-corrected chi connectivity index (χ0v) is 16.3. The number of amides is 1. The summed E-state index contributed by atoms with van der Waals surface area (Å²) in [6.45, 7) is 4.39.